The highest BCUT2D eigenvalue weighted by atomic mass is 32.2. The maximum absolute atomic E-state index is 13.8. The number of rotatable bonds is 8. The minimum atomic E-state index is -3.83. The molecule has 232 valence electrons. The third-order valence-electron chi connectivity index (χ3n) is 8.02. The summed E-state index contributed by atoms with van der Waals surface area (Å²) in [7, 11) is -0.450. The first kappa shape index (κ1) is 30.2. The number of fused-ring (bicyclic) bond motifs is 2. The molecule has 3 aromatic carbocycles. The second kappa shape index (κ2) is 12.3. The SMILES string of the molecule is COc1cc(C(CC(=O)Nc2cccnc2)c2ccc(C)c(CN3C[C@@H](C)Oc4ccccc4S3(=O)=O)c2)cc2nnn(C)c12. The molecule has 3 heterocycles. The van der Waals surface area contributed by atoms with E-state index in [-0.39, 0.29) is 36.4 Å². The van der Waals surface area contributed by atoms with E-state index in [9.17, 15) is 13.2 Å². The van der Waals surface area contributed by atoms with Crippen molar-refractivity contribution in [2.24, 2.45) is 7.05 Å². The number of amides is 1. The zero-order chi connectivity index (χ0) is 31.7. The summed E-state index contributed by atoms with van der Waals surface area (Å²) in [5.74, 6) is 0.324. The number of anilines is 1. The number of para-hydroxylation sites is 1. The van der Waals surface area contributed by atoms with Crippen LogP contribution in [0.1, 0.15) is 41.5 Å². The first-order chi connectivity index (χ1) is 21.6. The molecule has 0 saturated heterocycles. The average Bonchev–Trinajstić information content (AvgIpc) is 3.37. The summed E-state index contributed by atoms with van der Waals surface area (Å²) in [6.45, 7) is 4.15. The van der Waals surface area contributed by atoms with Crippen molar-refractivity contribution in [2.75, 3.05) is 19.0 Å². The van der Waals surface area contributed by atoms with Crippen molar-refractivity contribution < 1.29 is 22.7 Å². The molecule has 0 radical (unpaired) electrons. The Morgan fingerprint density at radius 3 is 2.71 bits per heavy atom. The van der Waals surface area contributed by atoms with E-state index >= 15 is 0 Å². The number of methoxy groups -OCH3 is 1. The summed E-state index contributed by atoms with van der Waals surface area (Å²) in [5.41, 5.74) is 5.39. The van der Waals surface area contributed by atoms with Gasteiger partial charge in [0, 0.05) is 32.1 Å². The Hall–Kier alpha value is -4.81. The molecule has 1 unspecified atom stereocenters. The number of nitrogens with zero attached hydrogens (tertiary/aromatic N) is 5. The molecule has 1 aliphatic rings. The van der Waals surface area contributed by atoms with Gasteiger partial charge in [0.2, 0.25) is 15.9 Å². The van der Waals surface area contributed by atoms with Crippen molar-refractivity contribution in [1.82, 2.24) is 24.3 Å². The van der Waals surface area contributed by atoms with Crippen molar-refractivity contribution in [2.45, 2.75) is 43.7 Å². The Morgan fingerprint density at radius 1 is 1.11 bits per heavy atom. The van der Waals surface area contributed by atoms with Crippen molar-refractivity contribution in [3.8, 4) is 11.5 Å². The number of aryl methyl sites for hydroxylation is 2. The summed E-state index contributed by atoms with van der Waals surface area (Å²) in [6.07, 6.45) is 3.00. The normalized spacial score (nSPS) is 16.8. The number of sulfonamides is 1. The van der Waals surface area contributed by atoms with Gasteiger partial charge in [0.1, 0.15) is 33.5 Å². The fourth-order valence-electron chi connectivity index (χ4n) is 5.75. The maximum atomic E-state index is 13.8. The lowest BCUT2D eigenvalue weighted by Gasteiger charge is -2.24. The molecule has 2 atom stereocenters. The molecule has 5 aromatic rings. The molecule has 2 aromatic heterocycles. The van der Waals surface area contributed by atoms with E-state index < -0.39 is 15.9 Å². The van der Waals surface area contributed by atoms with E-state index in [1.807, 2.05) is 44.2 Å². The van der Waals surface area contributed by atoms with Gasteiger partial charge in [0.15, 0.2) is 0 Å². The van der Waals surface area contributed by atoms with Crippen LogP contribution in [0.5, 0.6) is 11.5 Å². The van der Waals surface area contributed by atoms with Crippen LogP contribution < -0.4 is 14.8 Å². The third kappa shape index (κ3) is 6.11. The van der Waals surface area contributed by atoms with Crippen LogP contribution in [0.3, 0.4) is 0 Å². The highest BCUT2D eigenvalue weighted by Crippen LogP contribution is 2.37. The Bertz CT molecular complexity index is 1980. The van der Waals surface area contributed by atoms with Gasteiger partial charge in [-0.25, -0.2) is 13.1 Å². The molecule has 12 heteroatoms. The second-order valence-corrected chi connectivity index (χ2v) is 13.1. The number of hydrogen-bond donors (Lipinski definition) is 1. The number of ether oxygens (including phenoxy) is 2. The van der Waals surface area contributed by atoms with Crippen molar-refractivity contribution >= 4 is 32.7 Å². The van der Waals surface area contributed by atoms with Crippen LogP contribution >= 0.6 is 0 Å². The highest BCUT2D eigenvalue weighted by Gasteiger charge is 2.33. The molecule has 0 saturated carbocycles. The monoisotopic (exact) mass is 626 g/mol. The fourth-order valence-corrected chi connectivity index (χ4v) is 7.37. The van der Waals surface area contributed by atoms with Gasteiger partial charge in [-0.05, 0) is 72.5 Å². The van der Waals surface area contributed by atoms with E-state index in [4.69, 9.17) is 9.47 Å². The summed E-state index contributed by atoms with van der Waals surface area (Å²) in [6, 6.07) is 20.0. The zero-order valence-electron chi connectivity index (χ0n) is 25.5. The standard InChI is InChI=1S/C33H34N6O5S/c1-21-11-12-23(14-25(21)20-39-19-22(2)44-29-9-5-6-10-31(29)45(39,41)42)27(17-32(40)35-26-8-7-13-34-18-26)24-15-28-33(30(16-24)43-4)38(3)37-36-28/h5-16,18,22,27H,17,19-20H2,1-4H3,(H,35,40)/t22-,27?/m1/s1. The minimum absolute atomic E-state index is 0.104. The predicted molar refractivity (Wildman–Crippen MR) is 170 cm³/mol. The molecule has 1 aliphatic heterocycles. The van der Waals surface area contributed by atoms with Crippen molar-refractivity contribution in [1.29, 1.82) is 0 Å². The quantitative estimate of drug-likeness (QED) is 0.260. The average molecular weight is 627 g/mol. The van der Waals surface area contributed by atoms with E-state index in [1.165, 1.54) is 4.31 Å². The van der Waals surface area contributed by atoms with Crippen molar-refractivity contribution in [3.05, 3.63) is 101 Å². The van der Waals surface area contributed by atoms with Gasteiger partial charge in [-0.15, -0.1) is 5.10 Å². The predicted octanol–water partition coefficient (Wildman–Crippen LogP) is 4.81. The molecule has 6 rings (SSSR count). The summed E-state index contributed by atoms with van der Waals surface area (Å²) in [5, 5.41) is 11.4. The van der Waals surface area contributed by atoms with Crippen LogP contribution in [-0.2, 0) is 28.4 Å². The molecule has 45 heavy (non-hydrogen) atoms. The highest BCUT2D eigenvalue weighted by molar-refractivity contribution is 7.89. The number of hydrogen-bond acceptors (Lipinski definition) is 8. The van der Waals surface area contributed by atoms with Gasteiger partial charge < -0.3 is 14.8 Å². The van der Waals surface area contributed by atoms with Crippen LogP contribution in [0.15, 0.2) is 84.0 Å². The molecule has 0 fully saturated rings. The summed E-state index contributed by atoms with van der Waals surface area (Å²) >= 11 is 0. The van der Waals surface area contributed by atoms with Gasteiger partial charge >= 0.3 is 0 Å². The van der Waals surface area contributed by atoms with Gasteiger partial charge in [0.25, 0.3) is 0 Å². The molecule has 0 aliphatic carbocycles. The zero-order valence-corrected chi connectivity index (χ0v) is 26.3. The van der Waals surface area contributed by atoms with Crippen molar-refractivity contribution in [3.63, 3.8) is 0 Å². The van der Waals surface area contributed by atoms with Crippen LogP contribution in [-0.4, -0.2) is 58.4 Å². The molecule has 1 amide bonds. The number of nitrogens with one attached hydrogen (secondary N) is 1. The third-order valence-corrected chi connectivity index (χ3v) is 9.87. The Morgan fingerprint density at radius 2 is 1.93 bits per heavy atom. The van der Waals surface area contributed by atoms with Crippen LogP contribution in [0, 0.1) is 6.92 Å². The topological polar surface area (TPSA) is 129 Å². The number of carbonyl (C=O) groups is 1. The number of benzene rings is 3. The molecule has 11 nitrogen and oxygen atoms in total. The molecule has 0 spiro atoms. The summed E-state index contributed by atoms with van der Waals surface area (Å²) < 4.78 is 42.4. The summed E-state index contributed by atoms with van der Waals surface area (Å²) in [4.78, 5) is 17.7. The smallest absolute Gasteiger partial charge is 0.247 e. The fraction of sp³-hybridized carbons (Fsp3) is 0.273. The lowest BCUT2D eigenvalue weighted by atomic mass is 9.86. The Balaban J connectivity index is 1.40. The number of carbonyl (C=O) groups excluding carboxylic acids is 1. The minimum Gasteiger partial charge on any atom is -0.494 e. The van der Waals surface area contributed by atoms with Crippen LogP contribution in [0.25, 0.3) is 11.0 Å². The van der Waals surface area contributed by atoms with E-state index in [0.717, 1.165) is 27.8 Å². The lowest BCUT2D eigenvalue weighted by molar-refractivity contribution is -0.116. The lowest BCUT2D eigenvalue weighted by Crippen LogP contribution is -2.35. The molecule has 0 bridgehead atoms. The van der Waals surface area contributed by atoms with Gasteiger partial charge in [-0.2, -0.15) is 4.31 Å². The molecule has 1 N–H and O–H groups in total. The number of aromatic nitrogens is 4. The van der Waals surface area contributed by atoms with Gasteiger partial charge in [-0.3, -0.25) is 9.78 Å². The Labute approximate surface area is 261 Å². The van der Waals surface area contributed by atoms with Gasteiger partial charge in [0.05, 0.1) is 25.5 Å². The Kier molecular flexibility index (Phi) is 8.26. The maximum Gasteiger partial charge on any atom is 0.247 e. The largest absolute Gasteiger partial charge is 0.494 e. The van der Waals surface area contributed by atoms with Crippen LogP contribution in [0.4, 0.5) is 5.69 Å². The number of pyridine rings is 1. The van der Waals surface area contributed by atoms with E-state index in [0.29, 0.717) is 22.7 Å². The molecular formula is C33H34N6O5S. The van der Waals surface area contributed by atoms with E-state index in [2.05, 4.69) is 20.6 Å². The van der Waals surface area contributed by atoms with E-state index in [1.54, 1.807) is 67.6 Å². The molecular weight excluding hydrogens is 592 g/mol. The first-order valence-electron chi connectivity index (χ1n) is 14.6. The van der Waals surface area contributed by atoms with Crippen LogP contribution in [0.2, 0.25) is 0 Å². The first-order valence-corrected chi connectivity index (χ1v) is 16.0. The van der Waals surface area contributed by atoms with Gasteiger partial charge in [-0.1, -0.05) is 35.5 Å². The second-order valence-electron chi connectivity index (χ2n) is 11.2.